The summed E-state index contributed by atoms with van der Waals surface area (Å²) >= 11 is 4.76. The molecular formula is C12H14BrN3O2S. The Kier molecular flexibility index (Phi) is 6.87. The third-order valence-corrected chi connectivity index (χ3v) is 3.32. The van der Waals surface area contributed by atoms with E-state index in [1.807, 2.05) is 30.6 Å². The lowest BCUT2D eigenvalue weighted by atomic mass is 10.1. The summed E-state index contributed by atoms with van der Waals surface area (Å²) in [6.07, 6.45) is 3.18. The van der Waals surface area contributed by atoms with Gasteiger partial charge in [-0.15, -0.1) is 0 Å². The summed E-state index contributed by atoms with van der Waals surface area (Å²) in [6.45, 7) is 0. The number of aliphatic imine (C=N–C) groups is 1. The summed E-state index contributed by atoms with van der Waals surface area (Å²) in [7, 11) is 3.12. The van der Waals surface area contributed by atoms with E-state index in [0.29, 0.717) is 10.9 Å². The van der Waals surface area contributed by atoms with Crippen LogP contribution >= 0.6 is 27.7 Å². The lowest BCUT2D eigenvalue weighted by molar-refractivity contribution is -0.105. The lowest BCUT2D eigenvalue weighted by Gasteiger charge is -2.16. The molecule has 0 aliphatic heterocycles. The van der Waals surface area contributed by atoms with Gasteiger partial charge in [0, 0.05) is 24.3 Å². The first-order valence-corrected chi connectivity index (χ1v) is 7.30. The van der Waals surface area contributed by atoms with E-state index in [0.717, 1.165) is 10.0 Å². The van der Waals surface area contributed by atoms with E-state index >= 15 is 0 Å². The van der Waals surface area contributed by atoms with Crippen LogP contribution in [0.3, 0.4) is 0 Å². The maximum atomic E-state index is 8.65. The van der Waals surface area contributed by atoms with E-state index in [4.69, 9.17) is 14.7 Å². The van der Waals surface area contributed by atoms with E-state index in [2.05, 4.69) is 26.2 Å². The van der Waals surface area contributed by atoms with Gasteiger partial charge in [-0.25, -0.2) is 4.99 Å². The fourth-order valence-electron chi connectivity index (χ4n) is 1.45. The summed E-state index contributed by atoms with van der Waals surface area (Å²) in [4.78, 5) is 4.39. The van der Waals surface area contributed by atoms with Crippen LogP contribution in [0.2, 0.25) is 0 Å². The molecule has 102 valence electrons. The molecule has 1 aromatic carbocycles. The smallest absolute Gasteiger partial charge is 0.185 e. The Hall–Kier alpha value is -1.07. The minimum absolute atomic E-state index is 0.511. The average Bonchev–Trinajstić information content (AvgIpc) is 2.42. The molecule has 0 spiro atoms. The number of nitrogens with one attached hydrogen (secondary N) is 1. The number of nitrogens with zero attached hydrogens (tertiary/aromatic N) is 2. The van der Waals surface area contributed by atoms with E-state index in [1.165, 1.54) is 11.8 Å². The molecule has 0 aliphatic carbocycles. The second kappa shape index (κ2) is 8.17. The van der Waals surface area contributed by atoms with Gasteiger partial charge in [-0.2, -0.15) is 5.26 Å². The third kappa shape index (κ3) is 4.51. The van der Waals surface area contributed by atoms with Crippen molar-refractivity contribution in [3.8, 4) is 6.19 Å². The topological polar surface area (TPSA) is 66.6 Å². The van der Waals surface area contributed by atoms with E-state index in [9.17, 15) is 0 Å². The van der Waals surface area contributed by atoms with Crippen molar-refractivity contribution in [3.63, 3.8) is 0 Å². The Morgan fingerprint density at radius 1 is 1.47 bits per heavy atom. The van der Waals surface area contributed by atoms with Crippen LogP contribution in [0, 0.1) is 11.5 Å². The van der Waals surface area contributed by atoms with Crippen molar-refractivity contribution in [2.75, 3.05) is 20.5 Å². The average molecular weight is 344 g/mol. The van der Waals surface area contributed by atoms with Crippen LogP contribution in [0.25, 0.3) is 0 Å². The van der Waals surface area contributed by atoms with Gasteiger partial charge in [0.25, 0.3) is 0 Å². The largest absolute Gasteiger partial charge is 0.352 e. The normalized spacial score (nSPS) is 11.5. The van der Waals surface area contributed by atoms with Crippen molar-refractivity contribution in [3.05, 3.63) is 28.2 Å². The van der Waals surface area contributed by atoms with Gasteiger partial charge in [-0.3, -0.25) is 5.32 Å². The number of amidine groups is 1. The number of ether oxygens (including phenoxy) is 2. The Morgan fingerprint density at radius 2 is 2.16 bits per heavy atom. The minimum Gasteiger partial charge on any atom is -0.352 e. The fourth-order valence-corrected chi connectivity index (χ4v) is 2.16. The predicted octanol–water partition coefficient (Wildman–Crippen LogP) is 3.16. The first kappa shape index (κ1) is 16.0. The molecular weight excluding hydrogens is 330 g/mol. The number of hydrogen-bond acceptors (Lipinski definition) is 5. The first-order chi connectivity index (χ1) is 9.15. The van der Waals surface area contributed by atoms with Gasteiger partial charge < -0.3 is 9.47 Å². The summed E-state index contributed by atoms with van der Waals surface area (Å²) in [5, 5.41) is 11.7. The Labute approximate surface area is 125 Å². The van der Waals surface area contributed by atoms with Crippen LogP contribution in [0.4, 0.5) is 5.69 Å². The number of nitriles is 1. The summed E-state index contributed by atoms with van der Waals surface area (Å²) in [5.41, 5.74) is 1.47. The van der Waals surface area contributed by atoms with Gasteiger partial charge in [0.15, 0.2) is 17.7 Å². The van der Waals surface area contributed by atoms with E-state index in [-0.39, 0.29) is 0 Å². The van der Waals surface area contributed by atoms with Crippen LogP contribution in [0.5, 0.6) is 0 Å². The molecule has 0 fully saturated rings. The molecule has 0 atom stereocenters. The molecule has 1 N–H and O–H groups in total. The SMILES string of the molecule is COC(OC)c1cc(Br)ccc1N=C(NC#N)SC. The highest BCUT2D eigenvalue weighted by Gasteiger charge is 2.15. The second-order valence-corrected chi connectivity index (χ2v) is 5.07. The van der Waals surface area contributed by atoms with Crippen molar-refractivity contribution in [2.24, 2.45) is 4.99 Å². The number of hydrogen-bond donors (Lipinski definition) is 1. The number of halogens is 1. The quantitative estimate of drug-likeness (QED) is 0.299. The number of rotatable bonds is 4. The predicted molar refractivity (Wildman–Crippen MR) is 80.3 cm³/mol. The molecule has 19 heavy (non-hydrogen) atoms. The summed E-state index contributed by atoms with van der Waals surface area (Å²) < 4.78 is 11.4. The third-order valence-electron chi connectivity index (χ3n) is 2.25. The molecule has 1 aromatic rings. The van der Waals surface area contributed by atoms with Crippen LogP contribution in [0.1, 0.15) is 11.9 Å². The molecule has 0 saturated heterocycles. The Bertz CT molecular complexity index is 498. The Morgan fingerprint density at radius 3 is 2.68 bits per heavy atom. The minimum atomic E-state index is -0.513. The van der Waals surface area contributed by atoms with Gasteiger partial charge in [-0.1, -0.05) is 27.7 Å². The monoisotopic (exact) mass is 343 g/mol. The molecule has 0 aromatic heterocycles. The standard InChI is InChI=1S/C12H14BrN3O2S/c1-17-11(18-2)9-6-8(13)4-5-10(9)16-12(19-3)15-7-14/h4-6,11H,1-3H3,(H,15,16). The summed E-state index contributed by atoms with van der Waals surface area (Å²) in [6, 6.07) is 5.58. The van der Waals surface area contributed by atoms with Gasteiger partial charge in [0.2, 0.25) is 0 Å². The van der Waals surface area contributed by atoms with Crippen molar-refractivity contribution in [1.29, 1.82) is 5.26 Å². The maximum absolute atomic E-state index is 8.65. The van der Waals surface area contributed by atoms with Crippen LogP contribution in [-0.4, -0.2) is 25.6 Å². The zero-order valence-corrected chi connectivity index (χ0v) is 13.2. The summed E-state index contributed by atoms with van der Waals surface area (Å²) in [5.74, 6) is 0. The Balaban J connectivity index is 3.23. The molecule has 7 heteroatoms. The molecule has 0 unspecified atom stereocenters. The molecule has 5 nitrogen and oxygen atoms in total. The van der Waals surface area contributed by atoms with E-state index in [1.54, 1.807) is 14.2 Å². The zero-order valence-electron chi connectivity index (χ0n) is 10.8. The molecule has 0 amide bonds. The lowest BCUT2D eigenvalue weighted by Crippen LogP contribution is -2.13. The molecule has 0 bridgehead atoms. The van der Waals surface area contributed by atoms with Gasteiger partial charge >= 0.3 is 0 Å². The highest BCUT2D eigenvalue weighted by Crippen LogP contribution is 2.31. The number of thioether (sulfide) groups is 1. The highest BCUT2D eigenvalue weighted by atomic mass is 79.9. The van der Waals surface area contributed by atoms with Gasteiger partial charge in [0.1, 0.15) is 0 Å². The molecule has 0 radical (unpaired) electrons. The molecule has 1 rings (SSSR count). The van der Waals surface area contributed by atoms with Crippen molar-refractivity contribution < 1.29 is 9.47 Å². The first-order valence-electron chi connectivity index (χ1n) is 5.29. The number of methoxy groups -OCH3 is 2. The molecule has 0 saturated carbocycles. The van der Waals surface area contributed by atoms with Crippen LogP contribution in [0.15, 0.2) is 27.7 Å². The molecule has 0 aliphatic rings. The van der Waals surface area contributed by atoms with Crippen LogP contribution in [-0.2, 0) is 9.47 Å². The highest BCUT2D eigenvalue weighted by molar-refractivity contribution is 9.10. The van der Waals surface area contributed by atoms with E-state index < -0.39 is 6.29 Å². The molecule has 0 heterocycles. The van der Waals surface area contributed by atoms with Crippen molar-refractivity contribution >= 4 is 38.5 Å². The maximum Gasteiger partial charge on any atom is 0.185 e. The van der Waals surface area contributed by atoms with Gasteiger partial charge in [-0.05, 0) is 24.5 Å². The van der Waals surface area contributed by atoms with Gasteiger partial charge in [0.05, 0.1) is 5.69 Å². The fraction of sp³-hybridized carbons (Fsp3) is 0.333. The van der Waals surface area contributed by atoms with Crippen LogP contribution < -0.4 is 5.32 Å². The van der Waals surface area contributed by atoms with Crippen molar-refractivity contribution in [1.82, 2.24) is 5.32 Å². The zero-order chi connectivity index (χ0) is 14.3. The second-order valence-electron chi connectivity index (χ2n) is 3.36. The number of benzene rings is 1. The van der Waals surface area contributed by atoms with Crippen molar-refractivity contribution in [2.45, 2.75) is 6.29 Å².